The molecule has 0 aliphatic carbocycles. The standard InChI is InChI=1S/C12H18N2O/c1-12(2,3)11(9-15)14-8-10-6-4-5-7-13-10/h4-8,11,15H,9H2,1-3H3/t11-/m1/s1. The van der Waals surface area contributed by atoms with Crippen molar-refractivity contribution in [3.63, 3.8) is 0 Å². The highest BCUT2D eigenvalue weighted by atomic mass is 16.3. The average Bonchev–Trinajstić information content (AvgIpc) is 2.18. The fourth-order valence-electron chi connectivity index (χ4n) is 1.16. The molecule has 0 saturated carbocycles. The number of rotatable bonds is 3. The highest BCUT2D eigenvalue weighted by Gasteiger charge is 2.22. The molecule has 1 aromatic heterocycles. The van der Waals surface area contributed by atoms with Gasteiger partial charge in [0, 0.05) is 12.4 Å². The Kier molecular flexibility index (Phi) is 3.97. The van der Waals surface area contributed by atoms with Gasteiger partial charge in [0.1, 0.15) is 0 Å². The topological polar surface area (TPSA) is 45.5 Å². The first-order valence-corrected chi connectivity index (χ1v) is 5.09. The number of aliphatic imine (C=N–C) groups is 1. The van der Waals surface area contributed by atoms with Gasteiger partial charge in [-0.25, -0.2) is 0 Å². The zero-order chi connectivity index (χ0) is 11.3. The number of nitrogens with zero attached hydrogens (tertiary/aromatic N) is 2. The zero-order valence-corrected chi connectivity index (χ0v) is 9.51. The number of pyridine rings is 1. The molecule has 0 radical (unpaired) electrons. The number of hydrogen-bond acceptors (Lipinski definition) is 3. The minimum Gasteiger partial charge on any atom is -0.394 e. The minimum absolute atomic E-state index is 0.0277. The van der Waals surface area contributed by atoms with Crippen molar-refractivity contribution in [3.05, 3.63) is 30.1 Å². The summed E-state index contributed by atoms with van der Waals surface area (Å²) in [4.78, 5) is 8.48. The fraction of sp³-hybridized carbons (Fsp3) is 0.500. The first-order valence-electron chi connectivity index (χ1n) is 5.09. The molecule has 1 N–H and O–H groups in total. The third-order valence-electron chi connectivity index (χ3n) is 2.25. The summed E-state index contributed by atoms with van der Waals surface area (Å²) in [5.74, 6) is 0. The van der Waals surface area contributed by atoms with Crippen LogP contribution in [0.15, 0.2) is 29.4 Å². The molecule has 0 aliphatic rings. The predicted octanol–water partition coefficient (Wildman–Crippen LogP) is 1.91. The third kappa shape index (κ3) is 3.80. The lowest BCUT2D eigenvalue weighted by molar-refractivity contribution is 0.191. The van der Waals surface area contributed by atoms with E-state index in [1.165, 1.54) is 0 Å². The molecule has 0 fully saturated rings. The molecule has 1 aromatic rings. The molecule has 1 rings (SSSR count). The molecule has 1 heterocycles. The van der Waals surface area contributed by atoms with Crippen LogP contribution in [-0.4, -0.2) is 29.0 Å². The number of aliphatic hydroxyl groups excluding tert-OH is 1. The molecule has 0 aromatic carbocycles. The number of aliphatic hydroxyl groups is 1. The molecule has 3 nitrogen and oxygen atoms in total. The van der Waals surface area contributed by atoms with Crippen molar-refractivity contribution in [2.75, 3.05) is 6.61 Å². The lowest BCUT2D eigenvalue weighted by atomic mass is 9.88. The lowest BCUT2D eigenvalue weighted by Crippen LogP contribution is -2.28. The monoisotopic (exact) mass is 206 g/mol. The Labute approximate surface area is 90.9 Å². The van der Waals surface area contributed by atoms with Crippen molar-refractivity contribution in [1.82, 2.24) is 4.98 Å². The number of aromatic nitrogens is 1. The first kappa shape index (κ1) is 11.9. The average molecular weight is 206 g/mol. The van der Waals surface area contributed by atoms with E-state index in [-0.39, 0.29) is 18.1 Å². The van der Waals surface area contributed by atoms with Gasteiger partial charge in [-0.2, -0.15) is 0 Å². The van der Waals surface area contributed by atoms with Gasteiger partial charge in [-0.3, -0.25) is 9.98 Å². The van der Waals surface area contributed by atoms with Crippen molar-refractivity contribution in [3.8, 4) is 0 Å². The fourth-order valence-corrected chi connectivity index (χ4v) is 1.16. The summed E-state index contributed by atoms with van der Waals surface area (Å²) in [5, 5.41) is 9.21. The van der Waals surface area contributed by atoms with Gasteiger partial charge in [0.15, 0.2) is 0 Å². The number of hydrogen-bond donors (Lipinski definition) is 1. The van der Waals surface area contributed by atoms with Gasteiger partial charge in [0.25, 0.3) is 0 Å². The molecular weight excluding hydrogens is 188 g/mol. The summed E-state index contributed by atoms with van der Waals surface area (Å²) < 4.78 is 0. The molecule has 0 aliphatic heterocycles. The Hall–Kier alpha value is -1.22. The maximum absolute atomic E-state index is 9.21. The lowest BCUT2D eigenvalue weighted by Gasteiger charge is -2.25. The van der Waals surface area contributed by atoms with Crippen molar-refractivity contribution in [2.45, 2.75) is 26.8 Å². The molecule has 0 spiro atoms. The second-order valence-electron chi connectivity index (χ2n) is 4.60. The van der Waals surface area contributed by atoms with Crippen LogP contribution in [-0.2, 0) is 0 Å². The van der Waals surface area contributed by atoms with Crippen LogP contribution in [0.5, 0.6) is 0 Å². The second-order valence-corrected chi connectivity index (χ2v) is 4.60. The predicted molar refractivity (Wildman–Crippen MR) is 62.2 cm³/mol. The van der Waals surface area contributed by atoms with Crippen molar-refractivity contribution in [1.29, 1.82) is 0 Å². The normalized spacial score (nSPS) is 14.4. The van der Waals surface area contributed by atoms with E-state index in [1.807, 2.05) is 18.2 Å². The van der Waals surface area contributed by atoms with Crippen LogP contribution < -0.4 is 0 Å². The van der Waals surface area contributed by atoms with Crippen LogP contribution in [0.1, 0.15) is 26.5 Å². The van der Waals surface area contributed by atoms with E-state index in [0.29, 0.717) is 0 Å². The van der Waals surface area contributed by atoms with Crippen molar-refractivity contribution in [2.24, 2.45) is 10.4 Å². The van der Waals surface area contributed by atoms with Gasteiger partial charge in [-0.05, 0) is 17.5 Å². The zero-order valence-electron chi connectivity index (χ0n) is 9.51. The Bertz CT molecular complexity index is 314. The largest absolute Gasteiger partial charge is 0.394 e. The smallest absolute Gasteiger partial charge is 0.0807 e. The van der Waals surface area contributed by atoms with Crippen LogP contribution in [0.4, 0.5) is 0 Å². The molecule has 15 heavy (non-hydrogen) atoms. The summed E-state index contributed by atoms with van der Waals surface area (Å²) in [6.45, 7) is 6.24. The van der Waals surface area contributed by atoms with E-state index in [4.69, 9.17) is 0 Å². The summed E-state index contributed by atoms with van der Waals surface area (Å²) >= 11 is 0. The molecule has 82 valence electrons. The van der Waals surface area contributed by atoms with Gasteiger partial charge in [0.05, 0.1) is 18.3 Å². The first-order chi connectivity index (χ1) is 7.04. The van der Waals surface area contributed by atoms with Crippen LogP contribution in [0.3, 0.4) is 0 Å². The van der Waals surface area contributed by atoms with E-state index in [2.05, 4.69) is 30.7 Å². The summed E-state index contributed by atoms with van der Waals surface area (Å²) in [7, 11) is 0. The van der Waals surface area contributed by atoms with E-state index in [0.717, 1.165) is 5.69 Å². The van der Waals surface area contributed by atoms with E-state index < -0.39 is 0 Å². The van der Waals surface area contributed by atoms with Crippen LogP contribution in [0.2, 0.25) is 0 Å². The molecule has 1 atom stereocenters. The molecule has 0 saturated heterocycles. The van der Waals surface area contributed by atoms with Gasteiger partial charge >= 0.3 is 0 Å². The molecular formula is C12H18N2O. The summed E-state index contributed by atoms with van der Waals surface area (Å²) in [5.41, 5.74) is 0.792. The Morgan fingerprint density at radius 1 is 1.47 bits per heavy atom. The summed E-state index contributed by atoms with van der Waals surface area (Å²) in [6, 6.07) is 5.59. The van der Waals surface area contributed by atoms with Crippen LogP contribution in [0.25, 0.3) is 0 Å². The van der Waals surface area contributed by atoms with Crippen molar-refractivity contribution >= 4 is 6.21 Å². The molecule has 0 bridgehead atoms. The van der Waals surface area contributed by atoms with E-state index in [1.54, 1.807) is 12.4 Å². The molecule has 0 amide bonds. The van der Waals surface area contributed by atoms with Gasteiger partial charge in [-0.1, -0.05) is 26.8 Å². The SMILES string of the molecule is CC(C)(C)[C@@H](CO)N=Cc1ccccn1. The van der Waals surface area contributed by atoms with Crippen LogP contribution in [0, 0.1) is 5.41 Å². The Balaban J connectivity index is 2.72. The maximum atomic E-state index is 9.21. The van der Waals surface area contributed by atoms with E-state index in [9.17, 15) is 5.11 Å². The highest BCUT2D eigenvalue weighted by Crippen LogP contribution is 2.21. The summed E-state index contributed by atoms with van der Waals surface area (Å²) in [6.07, 6.45) is 3.44. The maximum Gasteiger partial charge on any atom is 0.0807 e. The second kappa shape index (κ2) is 5.03. The minimum atomic E-state index is -0.0838. The van der Waals surface area contributed by atoms with Gasteiger partial charge < -0.3 is 5.11 Å². The van der Waals surface area contributed by atoms with E-state index >= 15 is 0 Å². The highest BCUT2D eigenvalue weighted by molar-refractivity contribution is 5.76. The molecule has 0 unspecified atom stereocenters. The van der Waals surface area contributed by atoms with Crippen molar-refractivity contribution < 1.29 is 5.11 Å². The van der Waals surface area contributed by atoms with Crippen LogP contribution >= 0.6 is 0 Å². The third-order valence-corrected chi connectivity index (χ3v) is 2.25. The quantitative estimate of drug-likeness (QED) is 0.768. The Morgan fingerprint density at radius 2 is 2.20 bits per heavy atom. The van der Waals surface area contributed by atoms with Gasteiger partial charge in [-0.15, -0.1) is 0 Å². The Morgan fingerprint density at radius 3 is 2.67 bits per heavy atom. The van der Waals surface area contributed by atoms with Gasteiger partial charge in [0.2, 0.25) is 0 Å². The molecule has 3 heteroatoms.